The van der Waals surface area contributed by atoms with Gasteiger partial charge in [0, 0.05) is 29.4 Å². The number of aromatic nitrogens is 2. The van der Waals surface area contributed by atoms with Crippen LogP contribution in [0.25, 0.3) is 10.7 Å². The first kappa shape index (κ1) is 18.5. The second kappa shape index (κ2) is 6.47. The van der Waals surface area contributed by atoms with Crippen LogP contribution >= 0.6 is 11.8 Å². The van der Waals surface area contributed by atoms with Crippen LogP contribution in [0.3, 0.4) is 0 Å². The van der Waals surface area contributed by atoms with E-state index in [0.717, 1.165) is 10.4 Å². The summed E-state index contributed by atoms with van der Waals surface area (Å²) in [4.78, 5) is 6.91. The van der Waals surface area contributed by atoms with Gasteiger partial charge < -0.3 is 5.11 Å². The largest absolute Gasteiger partial charge is 0.504 e. The Morgan fingerprint density at radius 1 is 1.19 bits per heavy atom. The Hall–Kier alpha value is -2.27. The van der Waals surface area contributed by atoms with Crippen LogP contribution in [0.4, 0.5) is 19.0 Å². The lowest BCUT2D eigenvalue weighted by Crippen LogP contribution is -2.36. The number of halogens is 3. The van der Waals surface area contributed by atoms with Gasteiger partial charge in [-0.25, -0.2) is 22.7 Å². The van der Waals surface area contributed by atoms with E-state index in [4.69, 9.17) is 0 Å². The molecule has 0 radical (unpaired) electrons. The van der Waals surface area contributed by atoms with E-state index >= 15 is 0 Å². The minimum atomic E-state index is -4.62. The minimum Gasteiger partial charge on any atom is -0.504 e. The molecule has 1 aliphatic rings. The number of alkyl halides is 3. The lowest BCUT2D eigenvalue weighted by atomic mass is 10.1. The first-order valence-electron chi connectivity index (χ1n) is 7.29. The fraction of sp³-hybridized carbons (Fsp3) is 0.200. The number of benzene rings is 1. The average Bonchev–Trinajstić information content (AvgIpc) is 2.55. The molecule has 1 aliphatic heterocycles. The third kappa shape index (κ3) is 3.12. The van der Waals surface area contributed by atoms with Gasteiger partial charge in [-0.05, 0) is 24.8 Å². The van der Waals surface area contributed by atoms with E-state index in [1.807, 2.05) is 0 Å². The molecule has 26 heavy (non-hydrogen) atoms. The first-order valence-corrected chi connectivity index (χ1v) is 9.55. The van der Waals surface area contributed by atoms with E-state index in [1.54, 1.807) is 6.92 Å². The molecule has 138 valence electrons. The van der Waals surface area contributed by atoms with Crippen LogP contribution in [-0.2, 0) is 10.0 Å². The summed E-state index contributed by atoms with van der Waals surface area (Å²) in [6.45, 7) is 1.52. The predicted octanol–water partition coefficient (Wildman–Crippen LogP) is 3.64. The topological polar surface area (TPSA) is 83.4 Å². The highest BCUT2D eigenvalue weighted by Crippen LogP contribution is 2.46. The van der Waals surface area contributed by atoms with Gasteiger partial charge in [0.15, 0.2) is 11.6 Å². The van der Waals surface area contributed by atoms with Gasteiger partial charge in [0.05, 0.1) is 0 Å². The van der Waals surface area contributed by atoms with Crippen molar-refractivity contribution in [2.75, 3.05) is 10.8 Å². The van der Waals surface area contributed by atoms with E-state index in [9.17, 15) is 26.7 Å². The van der Waals surface area contributed by atoms with E-state index in [0.29, 0.717) is 0 Å². The van der Waals surface area contributed by atoms with Crippen molar-refractivity contribution in [1.29, 1.82) is 0 Å². The van der Waals surface area contributed by atoms with Crippen molar-refractivity contribution in [1.82, 2.24) is 9.97 Å². The van der Waals surface area contributed by atoms with Crippen molar-refractivity contribution in [2.24, 2.45) is 0 Å². The zero-order chi connectivity index (χ0) is 19.1. The average molecular weight is 403 g/mol. The highest BCUT2D eigenvalue weighted by atomic mass is 32.2. The molecule has 0 amide bonds. The third-order valence-electron chi connectivity index (χ3n) is 3.55. The Balaban J connectivity index is 2.31. The van der Waals surface area contributed by atoms with Crippen molar-refractivity contribution in [3.05, 3.63) is 47.9 Å². The standard InChI is InChI=1S/C15H12F3N3O3S2/c1-2-21-14-11(19-7-8-20-14)12(22)13(26(21,23)24)9-5-3-4-6-10(9)25-15(16,17)18/h3-8,22H,2H2,1H3. The van der Waals surface area contributed by atoms with Crippen molar-refractivity contribution in [2.45, 2.75) is 17.3 Å². The summed E-state index contributed by atoms with van der Waals surface area (Å²) in [5.74, 6) is -0.801. The van der Waals surface area contributed by atoms with Crippen molar-refractivity contribution < 1.29 is 26.7 Å². The SMILES string of the molecule is CCN1c2nccnc2C(O)=C(c2ccccc2SC(F)(F)F)S1(=O)=O. The molecule has 0 aliphatic carbocycles. The van der Waals surface area contributed by atoms with Crippen LogP contribution in [0, 0.1) is 0 Å². The molecule has 0 spiro atoms. The maximum atomic E-state index is 13.0. The molecule has 0 unspecified atom stereocenters. The molecule has 1 aromatic carbocycles. The van der Waals surface area contributed by atoms with Crippen LogP contribution in [0.15, 0.2) is 41.6 Å². The Morgan fingerprint density at radius 3 is 2.50 bits per heavy atom. The van der Waals surface area contributed by atoms with Gasteiger partial charge in [-0.2, -0.15) is 13.2 Å². The van der Waals surface area contributed by atoms with Crippen LogP contribution in [0.5, 0.6) is 0 Å². The number of anilines is 1. The second-order valence-corrected chi connectivity index (χ2v) is 8.03. The Bertz CT molecular complexity index is 991. The summed E-state index contributed by atoms with van der Waals surface area (Å²) in [5.41, 5.74) is -4.97. The number of nitrogens with zero attached hydrogens (tertiary/aromatic N) is 3. The van der Waals surface area contributed by atoms with Gasteiger partial charge in [0.2, 0.25) is 0 Å². The summed E-state index contributed by atoms with van der Waals surface area (Å²) in [6.07, 6.45) is 2.53. The van der Waals surface area contributed by atoms with E-state index in [2.05, 4.69) is 9.97 Å². The molecule has 2 heterocycles. The molecule has 0 fully saturated rings. The van der Waals surface area contributed by atoms with Gasteiger partial charge in [-0.15, -0.1) is 0 Å². The molecule has 0 bridgehead atoms. The van der Waals surface area contributed by atoms with Crippen molar-refractivity contribution in [3.63, 3.8) is 0 Å². The predicted molar refractivity (Wildman–Crippen MR) is 91.8 cm³/mol. The van der Waals surface area contributed by atoms with Crippen LogP contribution < -0.4 is 4.31 Å². The maximum absolute atomic E-state index is 13.0. The fourth-order valence-electron chi connectivity index (χ4n) is 2.59. The summed E-state index contributed by atoms with van der Waals surface area (Å²) < 4.78 is 65.5. The van der Waals surface area contributed by atoms with Gasteiger partial charge in [0.1, 0.15) is 10.6 Å². The van der Waals surface area contributed by atoms with Crippen LogP contribution in [0.2, 0.25) is 0 Å². The molecule has 3 rings (SSSR count). The van der Waals surface area contributed by atoms with E-state index in [-0.39, 0.29) is 28.5 Å². The zero-order valence-electron chi connectivity index (χ0n) is 13.2. The van der Waals surface area contributed by atoms with Crippen LogP contribution in [-0.4, -0.2) is 35.5 Å². The molecule has 0 saturated carbocycles. The third-order valence-corrected chi connectivity index (χ3v) is 6.30. The monoisotopic (exact) mass is 403 g/mol. The molecule has 2 aromatic rings. The van der Waals surface area contributed by atoms with Gasteiger partial charge in [-0.3, -0.25) is 0 Å². The Labute approximate surface area is 151 Å². The number of rotatable bonds is 3. The lowest BCUT2D eigenvalue weighted by molar-refractivity contribution is -0.0328. The molecule has 6 nitrogen and oxygen atoms in total. The number of hydrogen-bond donors (Lipinski definition) is 1. The minimum absolute atomic E-state index is 0.0284. The highest BCUT2D eigenvalue weighted by molar-refractivity contribution is 8.02. The zero-order valence-corrected chi connectivity index (χ0v) is 14.9. The molecule has 0 atom stereocenters. The number of hydrogen-bond acceptors (Lipinski definition) is 6. The highest BCUT2D eigenvalue weighted by Gasteiger charge is 2.41. The Kier molecular flexibility index (Phi) is 4.61. The fourth-order valence-corrected chi connectivity index (χ4v) is 5.05. The second-order valence-electron chi connectivity index (χ2n) is 5.12. The maximum Gasteiger partial charge on any atom is 0.446 e. The molecule has 0 saturated heterocycles. The quantitative estimate of drug-likeness (QED) is 0.788. The lowest BCUT2D eigenvalue weighted by Gasteiger charge is -2.29. The van der Waals surface area contributed by atoms with Crippen LogP contribution in [0.1, 0.15) is 18.2 Å². The van der Waals surface area contributed by atoms with Gasteiger partial charge >= 0.3 is 5.51 Å². The normalized spacial score (nSPS) is 16.5. The molecular formula is C15H12F3N3O3S2. The number of aliphatic hydroxyl groups is 1. The molecular weight excluding hydrogens is 391 g/mol. The summed E-state index contributed by atoms with van der Waals surface area (Å²) in [5, 5.41) is 10.5. The van der Waals surface area contributed by atoms with Crippen molar-refractivity contribution in [3.8, 4) is 0 Å². The molecule has 11 heteroatoms. The summed E-state index contributed by atoms with van der Waals surface area (Å²) >= 11 is -0.450. The summed E-state index contributed by atoms with van der Waals surface area (Å²) in [6, 6.07) is 5.11. The van der Waals surface area contributed by atoms with Gasteiger partial charge in [-0.1, -0.05) is 18.2 Å². The van der Waals surface area contributed by atoms with E-state index in [1.165, 1.54) is 30.6 Å². The van der Waals surface area contributed by atoms with Gasteiger partial charge in [0.25, 0.3) is 10.0 Å². The number of fused-ring (bicyclic) bond motifs is 1. The molecule has 1 aromatic heterocycles. The first-order chi connectivity index (χ1) is 12.2. The number of thioether (sulfide) groups is 1. The smallest absolute Gasteiger partial charge is 0.446 e. The number of aliphatic hydroxyl groups excluding tert-OH is 1. The van der Waals surface area contributed by atoms with Crippen molar-refractivity contribution >= 4 is 38.3 Å². The van der Waals surface area contributed by atoms with E-state index < -0.39 is 38.0 Å². The molecule has 1 N–H and O–H groups in total. The summed E-state index contributed by atoms with van der Waals surface area (Å²) in [7, 11) is -4.33. The number of sulfonamides is 1. The Morgan fingerprint density at radius 2 is 1.85 bits per heavy atom.